The van der Waals surface area contributed by atoms with E-state index in [1.165, 1.54) is 4.88 Å². The molecule has 0 fully saturated rings. The van der Waals surface area contributed by atoms with Crippen molar-refractivity contribution >= 4 is 17.0 Å². The van der Waals surface area contributed by atoms with Crippen molar-refractivity contribution in [3.63, 3.8) is 0 Å². The summed E-state index contributed by atoms with van der Waals surface area (Å²) in [4.78, 5) is 9.47. The van der Waals surface area contributed by atoms with Gasteiger partial charge in [-0.2, -0.15) is 0 Å². The molecule has 1 N–H and O–H groups in total. The molecule has 90 valence electrons. The maximum Gasteiger partial charge on any atom is 0.237 e. The van der Waals surface area contributed by atoms with E-state index in [2.05, 4.69) is 22.2 Å². The highest BCUT2D eigenvalue weighted by Gasteiger charge is 2.10. The molecule has 2 rings (SSSR count). The minimum absolute atomic E-state index is 0.200. The van der Waals surface area contributed by atoms with Crippen molar-refractivity contribution < 1.29 is 4.74 Å². The summed E-state index contributed by atoms with van der Waals surface area (Å²) in [6, 6.07) is 4.06. The Hall–Kier alpha value is -1.62. The predicted octanol–water partition coefficient (Wildman–Crippen LogP) is 3.11. The van der Waals surface area contributed by atoms with Gasteiger partial charge in [-0.05, 0) is 26.0 Å². The zero-order valence-electron chi connectivity index (χ0n) is 9.88. The van der Waals surface area contributed by atoms with Gasteiger partial charge in [-0.25, -0.2) is 4.98 Å². The molecule has 0 aliphatic heterocycles. The fourth-order valence-corrected chi connectivity index (χ4v) is 2.12. The first kappa shape index (κ1) is 11.9. The molecule has 0 amide bonds. The van der Waals surface area contributed by atoms with E-state index in [0.717, 1.165) is 5.69 Å². The molecule has 0 bridgehead atoms. The van der Waals surface area contributed by atoms with E-state index in [9.17, 15) is 0 Å². The molecule has 2 aromatic rings. The molecular formula is C12H15N3OS. The Bertz CT molecular complexity index is 459. The first-order valence-corrected chi connectivity index (χ1v) is 6.42. The van der Waals surface area contributed by atoms with E-state index in [0.29, 0.717) is 12.5 Å². The van der Waals surface area contributed by atoms with Gasteiger partial charge >= 0.3 is 0 Å². The Kier molecular flexibility index (Phi) is 3.93. The summed E-state index contributed by atoms with van der Waals surface area (Å²) in [5.41, 5.74) is 2.75. The number of nitrogens with zero attached hydrogens (tertiary/aromatic N) is 2. The van der Waals surface area contributed by atoms with Gasteiger partial charge in [0.05, 0.1) is 23.8 Å². The smallest absolute Gasteiger partial charge is 0.237 e. The molecule has 0 saturated heterocycles. The fourth-order valence-electron chi connectivity index (χ4n) is 1.50. The van der Waals surface area contributed by atoms with E-state index in [4.69, 9.17) is 4.74 Å². The lowest BCUT2D eigenvalue weighted by atomic mass is 10.3. The van der Waals surface area contributed by atoms with Crippen molar-refractivity contribution in [3.05, 3.63) is 34.9 Å². The lowest BCUT2D eigenvalue weighted by Crippen LogP contribution is -2.07. The van der Waals surface area contributed by atoms with Crippen LogP contribution in [-0.4, -0.2) is 16.6 Å². The highest BCUT2D eigenvalue weighted by molar-refractivity contribution is 7.09. The van der Waals surface area contributed by atoms with Gasteiger partial charge < -0.3 is 10.1 Å². The highest BCUT2D eigenvalue weighted by Crippen LogP contribution is 2.27. The molecule has 17 heavy (non-hydrogen) atoms. The van der Waals surface area contributed by atoms with Crippen molar-refractivity contribution in [1.82, 2.24) is 9.97 Å². The number of aromatic nitrogens is 2. The first-order valence-electron chi connectivity index (χ1n) is 5.54. The number of hydrogen-bond donors (Lipinski definition) is 1. The molecule has 1 atom stereocenters. The largest absolute Gasteiger partial charge is 0.476 e. The number of thiazole rings is 1. The van der Waals surface area contributed by atoms with Gasteiger partial charge in [-0.3, -0.25) is 4.98 Å². The maximum atomic E-state index is 5.47. The molecule has 0 saturated carbocycles. The van der Waals surface area contributed by atoms with Crippen LogP contribution in [0.4, 0.5) is 5.69 Å². The Labute approximate surface area is 105 Å². The second-order valence-corrected chi connectivity index (χ2v) is 4.48. The molecule has 4 nitrogen and oxygen atoms in total. The lowest BCUT2D eigenvalue weighted by molar-refractivity contribution is 0.328. The number of pyridine rings is 1. The summed E-state index contributed by atoms with van der Waals surface area (Å²) >= 11 is 1.63. The molecule has 0 aliphatic rings. The molecule has 0 radical (unpaired) electrons. The van der Waals surface area contributed by atoms with Gasteiger partial charge in [0, 0.05) is 17.3 Å². The molecule has 2 aromatic heterocycles. The third kappa shape index (κ3) is 2.94. The van der Waals surface area contributed by atoms with E-state index in [-0.39, 0.29) is 6.04 Å². The van der Waals surface area contributed by atoms with Crippen LogP contribution >= 0.6 is 11.3 Å². The van der Waals surface area contributed by atoms with Crippen molar-refractivity contribution in [3.8, 4) is 5.88 Å². The minimum Gasteiger partial charge on any atom is -0.476 e. The number of anilines is 1. The normalized spacial score (nSPS) is 12.1. The minimum atomic E-state index is 0.200. The third-order valence-corrected chi connectivity index (χ3v) is 3.26. The molecular weight excluding hydrogens is 234 g/mol. The summed E-state index contributed by atoms with van der Waals surface area (Å²) in [5, 5.41) is 3.38. The van der Waals surface area contributed by atoms with Crippen LogP contribution in [0.2, 0.25) is 0 Å². The number of hydrogen-bond acceptors (Lipinski definition) is 5. The molecule has 2 heterocycles. The van der Waals surface area contributed by atoms with E-state index >= 15 is 0 Å². The Morgan fingerprint density at radius 1 is 1.53 bits per heavy atom. The van der Waals surface area contributed by atoms with Crippen LogP contribution in [0.3, 0.4) is 0 Å². The Morgan fingerprint density at radius 2 is 2.41 bits per heavy atom. The average molecular weight is 249 g/mol. The Balaban J connectivity index is 2.12. The summed E-state index contributed by atoms with van der Waals surface area (Å²) < 4.78 is 5.47. The molecule has 0 aliphatic carbocycles. The SMILES string of the molecule is CCOc1ncccc1NC(C)c1cncs1. The third-order valence-electron chi connectivity index (χ3n) is 2.30. The molecule has 0 aromatic carbocycles. The van der Waals surface area contributed by atoms with Crippen LogP contribution in [0.25, 0.3) is 0 Å². The van der Waals surface area contributed by atoms with Crippen LogP contribution in [0, 0.1) is 0 Å². The van der Waals surface area contributed by atoms with Gasteiger partial charge in [0.15, 0.2) is 0 Å². The van der Waals surface area contributed by atoms with Crippen LogP contribution in [0.5, 0.6) is 5.88 Å². The zero-order chi connectivity index (χ0) is 12.1. The van der Waals surface area contributed by atoms with Crippen LogP contribution in [0.1, 0.15) is 24.8 Å². The first-order chi connectivity index (χ1) is 8.31. The topological polar surface area (TPSA) is 47.0 Å². The summed E-state index contributed by atoms with van der Waals surface area (Å²) in [5.74, 6) is 0.645. The summed E-state index contributed by atoms with van der Waals surface area (Å²) in [7, 11) is 0. The van der Waals surface area contributed by atoms with E-state index < -0.39 is 0 Å². The van der Waals surface area contributed by atoms with Crippen molar-refractivity contribution in [2.75, 3.05) is 11.9 Å². The number of nitrogens with one attached hydrogen (secondary N) is 1. The quantitative estimate of drug-likeness (QED) is 0.884. The summed E-state index contributed by atoms with van der Waals surface area (Å²) in [6.07, 6.45) is 3.60. The van der Waals surface area contributed by atoms with Gasteiger partial charge in [0.1, 0.15) is 0 Å². The van der Waals surface area contributed by atoms with Crippen LogP contribution in [-0.2, 0) is 0 Å². The van der Waals surface area contributed by atoms with Crippen molar-refractivity contribution in [1.29, 1.82) is 0 Å². The van der Waals surface area contributed by atoms with Gasteiger partial charge in [0.25, 0.3) is 0 Å². The van der Waals surface area contributed by atoms with Crippen LogP contribution < -0.4 is 10.1 Å². The second-order valence-electron chi connectivity index (χ2n) is 3.56. The van der Waals surface area contributed by atoms with E-state index in [1.54, 1.807) is 17.5 Å². The van der Waals surface area contributed by atoms with Crippen LogP contribution in [0.15, 0.2) is 30.0 Å². The molecule has 5 heteroatoms. The predicted molar refractivity (Wildman–Crippen MR) is 69.6 cm³/mol. The van der Waals surface area contributed by atoms with Gasteiger partial charge in [-0.1, -0.05) is 0 Å². The second kappa shape index (κ2) is 5.63. The highest BCUT2D eigenvalue weighted by atomic mass is 32.1. The summed E-state index contributed by atoms with van der Waals surface area (Å²) in [6.45, 7) is 4.65. The monoisotopic (exact) mass is 249 g/mol. The lowest BCUT2D eigenvalue weighted by Gasteiger charge is -2.15. The number of rotatable bonds is 5. The molecule has 0 spiro atoms. The Morgan fingerprint density at radius 3 is 3.12 bits per heavy atom. The van der Waals surface area contributed by atoms with Gasteiger partial charge in [-0.15, -0.1) is 11.3 Å². The maximum absolute atomic E-state index is 5.47. The van der Waals surface area contributed by atoms with Crippen molar-refractivity contribution in [2.24, 2.45) is 0 Å². The van der Waals surface area contributed by atoms with E-state index in [1.807, 2.05) is 30.8 Å². The average Bonchev–Trinajstić information content (AvgIpc) is 2.85. The van der Waals surface area contributed by atoms with Gasteiger partial charge in [0.2, 0.25) is 5.88 Å². The fraction of sp³-hybridized carbons (Fsp3) is 0.333. The molecule has 1 unspecified atom stereocenters. The van der Waals surface area contributed by atoms with Crippen molar-refractivity contribution in [2.45, 2.75) is 19.9 Å². The number of ether oxygens (including phenoxy) is 1. The standard InChI is InChI=1S/C12H15N3OS/c1-3-16-12-10(5-4-6-14-12)15-9(2)11-7-13-8-17-11/h4-9,15H,3H2,1-2H3. The zero-order valence-corrected chi connectivity index (χ0v) is 10.7.